The van der Waals surface area contributed by atoms with Crippen molar-refractivity contribution in [3.63, 3.8) is 0 Å². The van der Waals surface area contributed by atoms with Gasteiger partial charge in [-0.25, -0.2) is 9.97 Å². The van der Waals surface area contributed by atoms with E-state index in [1.165, 1.54) is 0 Å². The molecule has 1 aliphatic heterocycles. The summed E-state index contributed by atoms with van der Waals surface area (Å²) >= 11 is 0. The average molecular weight is 271 g/mol. The third-order valence-electron chi connectivity index (χ3n) is 3.10. The second kappa shape index (κ2) is 5.12. The highest BCUT2D eigenvalue weighted by Crippen LogP contribution is 2.12. The lowest BCUT2D eigenvalue weighted by atomic mass is 10.2. The van der Waals surface area contributed by atoms with E-state index < -0.39 is 6.04 Å². The second-order valence-electron chi connectivity index (χ2n) is 4.52. The van der Waals surface area contributed by atoms with Gasteiger partial charge >= 0.3 is 0 Å². The van der Waals surface area contributed by atoms with Gasteiger partial charge in [0.1, 0.15) is 18.2 Å². The molecule has 1 unspecified atom stereocenters. The topological polar surface area (TPSA) is 88.9 Å². The molecule has 20 heavy (non-hydrogen) atoms. The SMILES string of the molecule is O=C1CCC(C(=O)Nc2ccc(-n3ccnc3)nc2)N1. The molecule has 1 fully saturated rings. The standard InChI is InChI=1S/C13H13N5O2/c19-12-4-2-10(17-12)13(20)16-9-1-3-11(15-7-9)18-6-5-14-8-18/h1,3,5-8,10H,2,4H2,(H,16,20)(H,17,19). The van der Waals surface area contributed by atoms with Crippen molar-refractivity contribution < 1.29 is 9.59 Å². The zero-order valence-electron chi connectivity index (χ0n) is 10.6. The van der Waals surface area contributed by atoms with Gasteiger partial charge in [-0.15, -0.1) is 0 Å². The van der Waals surface area contributed by atoms with Crippen LogP contribution in [-0.4, -0.2) is 32.4 Å². The fourth-order valence-corrected chi connectivity index (χ4v) is 2.05. The molecule has 1 saturated heterocycles. The molecule has 2 aromatic heterocycles. The summed E-state index contributed by atoms with van der Waals surface area (Å²) in [4.78, 5) is 31.2. The molecule has 0 spiro atoms. The normalized spacial score (nSPS) is 17.8. The highest BCUT2D eigenvalue weighted by molar-refractivity contribution is 5.98. The lowest BCUT2D eigenvalue weighted by molar-refractivity contribution is -0.122. The Hall–Kier alpha value is -2.70. The lowest BCUT2D eigenvalue weighted by Gasteiger charge is -2.11. The molecule has 1 atom stereocenters. The Labute approximate surface area is 115 Å². The number of pyridine rings is 1. The van der Waals surface area contributed by atoms with Crippen molar-refractivity contribution in [2.75, 3.05) is 5.32 Å². The van der Waals surface area contributed by atoms with E-state index >= 15 is 0 Å². The molecule has 0 saturated carbocycles. The minimum atomic E-state index is -0.448. The number of rotatable bonds is 3. The number of amides is 2. The van der Waals surface area contributed by atoms with Gasteiger partial charge < -0.3 is 10.6 Å². The molecule has 2 aromatic rings. The van der Waals surface area contributed by atoms with Crippen molar-refractivity contribution in [3.8, 4) is 5.82 Å². The molecule has 3 heterocycles. The van der Waals surface area contributed by atoms with Crippen LogP contribution in [0, 0.1) is 0 Å². The van der Waals surface area contributed by atoms with E-state index in [1.807, 2.05) is 0 Å². The van der Waals surface area contributed by atoms with Crippen LogP contribution in [0.2, 0.25) is 0 Å². The first-order valence-electron chi connectivity index (χ1n) is 6.27. The molecule has 2 N–H and O–H groups in total. The molecule has 2 amide bonds. The average Bonchev–Trinajstić information content (AvgIpc) is 3.10. The number of anilines is 1. The van der Waals surface area contributed by atoms with E-state index in [9.17, 15) is 9.59 Å². The van der Waals surface area contributed by atoms with Crippen LogP contribution in [0.1, 0.15) is 12.8 Å². The number of nitrogens with zero attached hydrogens (tertiary/aromatic N) is 3. The first-order valence-corrected chi connectivity index (χ1v) is 6.27. The molecule has 3 rings (SSSR count). The maximum absolute atomic E-state index is 11.9. The van der Waals surface area contributed by atoms with E-state index in [-0.39, 0.29) is 11.8 Å². The summed E-state index contributed by atoms with van der Waals surface area (Å²) < 4.78 is 1.77. The number of hydrogen-bond donors (Lipinski definition) is 2. The van der Waals surface area contributed by atoms with Gasteiger partial charge in [-0.2, -0.15) is 0 Å². The first-order chi connectivity index (χ1) is 9.72. The van der Waals surface area contributed by atoms with Gasteiger partial charge in [0.25, 0.3) is 0 Å². The Morgan fingerprint density at radius 1 is 1.45 bits per heavy atom. The molecular weight excluding hydrogens is 258 g/mol. The number of nitrogens with one attached hydrogen (secondary N) is 2. The summed E-state index contributed by atoms with van der Waals surface area (Å²) in [6.07, 6.45) is 7.61. The van der Waals surface area contributed by atoms with Crippen molar-refractivity contribution in [1.82, 2.24) is 19.9 Å². The Morgan fingerprint density at radius 3 is 2.95 bits per heavy atom. The van der Waals surface area contributed by atoms with Crippen LogP contribution >= 0.6 is 0 Å². The monoisotopic (exact) mass is 271 g/mol. The van der Waals surface area contributed by atoms with Crippen molar-refractivity contribution in [2.45, 2.75) is 18.9 Å². The van der Waals surface area contributed by atoms with Gasteiger partial charge in [0.15, 0.2) is 0 Å². The molecule has 0 aliphatic carbocycles. The third kappa shape index (κ3) is 2.51. The summed E-state index contributed by atoms with van der Waals surface area (Å²) in [6.45, 7) is 0. The zero-order valence-corrected chi connectivity index (χ0v) is 10.6. The van der Waals surface area contributed by atoms with Gasteiger partial charge in [0.2, 0.25) is 11.8 Å². The Kier molecular flexibility index (Phi) is 3.16. The van der Waals surface area contributed by atoms with Crippen molar-refractivity contribution >= 4 is 17.5 Å². The van der Waals surface area contributed by atoms with E-state index in [4.69, 9.17) is 0 Å². The predicted octanol–water partition coefficient (Wildman–Crippen LogP) is 0.484. The van der Waals surface area contributed by atoms with Gasteiger partial charge in [-0.3, -0.25) is 14.2 Å². The molecule has 0 bridgehead atoms. The van der Waals surface area contributed by atoms with Crippen molar-refractivity contribution in [2.24, 2.45) is 0 Å². The number of hydrogen-bond acceptors (Lipinski definition) is 4. The Morgan fingerprint density at radius 2 is 2.35 bits per heavy atom. The smallest absolute Gasteiger partial charge is 0.247 e. The number of carbonyl (C=O) groups excluding carboxylic acids is 2. The summed E-state index contributed by atoms with van der Waals surface area (Å²) in [5.74, 6) is 0.418. The number of imidazole rings is 1. The second-order valence-corrected chi connectivity index (χ2v) is 4.52. The number of carbonyl (C=O) groups is 2. The molecule has 0 radical (unpaired) electrons. The predicted molar refractivity (Wildman–Crippen MR) is 71.2 cm³/mol. The van der Waals surface area contributed by atoms with Crippen LogP contribution in [0.25, 0.3) is 5.82 Å². The summed E-state index contributed by atoms with van der Waals surface area (Å²) in [5, 5.41) is 5.36. The van der Waals surface area contributed by atoms with Gasteiger partial charge in [-0.1, -0.05) is 0 Å². The van der Waals surface area contributed by atoms with Crippen molar-refractivity contribution in [3.05, 3.63) is 37.1 Å². The first kappa shape index (κ1) is 12.3. The lowest BCUT2D eigenvalue weighted by Crippen LogP contribution is -2.37. The fraction of sp³-hybridized carbons (Fsp3) is 0.231. The maximum atomic E-state index is 11.9. The van der Waals surface area contributed by atoms with E-state index in [0.29, 0.717) is 18.5 Å². The quantitative estimate of drug-likeness (QED) is 0.850. The molecule has 7 heteroatoms. The fourth-order valence-electron chi connectivity index (χ4n) is 2.05. The van der Waals surface area contributed by atoms with E-state index in [2.05, 4.69) is 20.6 Å². The van der Waals surface area contributed by atoms with Crippen LogP contribution in [0.3, 0.4) is 0 Å². The van der Waals surface area contributed by atoms with Gasteiger partial charge in [0, 0.05) is 18.8 Å². The molecule has 1 aliphatic rings. The van der Waals surface area contributed by atoms with Gasteiger partial charge in [-0.05, 0) is 18.6 Å². The summed E-state index contributed by atoms with van der Waals surface area (Å²) in [6, 6.07) is 3.09. The van der Waals surface area contributed by atoms with Crippen LogP contribution in [0.15, 0.2) is 37.1 Å². The van der Waals surface area contributed by atoms with Gasteiger partial charge in [0.05, 0.1) is 11.9 Å². The summed E-state index contributed by atoms with van der Waals surface area (Å²) in [7, 11) is 0. The minimum Gasteiger partial charge on any atom is -0.344 e. The molecule has 7 nitrogen and oxygen atoms in total. The molecule has 102 valence electrons. The largest absolute Gasteiger partial charge is 0.344 e. The van der Waals surface area contributed by atoms with Crippen LogP contribution in [0.4, 0.5) is 5.69 Å². The van der Waals surface area contributed by atoms with Crippen LogP contribution < -0.4 is 10.6 Å². The third-order valence-corrected chi connectivity index (χ3v) is 3.10. The van der Waals surface area contributed by atoms with E-state index in [1.54, 1.807) is 41.6 Å². The highest BCUT2D eigenvalue weighted by Gasteiger charge is 2.27. The van der Waals surface area contributed by atoms with Crippen molar-refractivity contribution in [1.29, 1.82) is 0 Å². The number of aromatic nitrogens is 3. The molecule has 0 aromatic carbocycles. The van der Waals surface area contributed by atoms with E-state index in [0.717, 1.165) is 5.82 Å². The van der Waals surface area contributed by atoms with Crippen LogP contribution in [-0.2, 0) is 9.59 Å². The Bertz CT molecular complexity index is 621. The minimum absolute atomic E-state index is 0.0845. The van der Waals surface area contributed by atoms with Crippen LogP contribution in [0.5, 0.6) is 0 Å². The molecular formula is C13H13N5O2. The zero-order chi connectivity index (χ0) is 13.9. The summed E-state index contributed by atoms with van der Waals surface area (Å²) in [5.41, 5.74) is 0.597. The highest BCUT2D eigenvalue weighted by atomic mass is 16.2. The Balaban J connectivity index is 1.66. The maximum Gasteiger partial charge on any atom is 0.247 e.